The van der Waals surface area contributed by atoms with Crippen LogP contribution in [-0.4, -0.2) is 19.0 Å². The average molecular weight is 447 g/mol. The number of rotatable bonds is 5. The van der Waals surface area contributed by atoms with Gasteiger partial charge in [0.15, 0.2) is 16.6 Å². The van der Waals surface area contributed by atoms with E-state index < -0.39 is 16.6 Å². The Kier molecular flexibility index (Phi) is 5.83. The second kappa shape index (κ2) is 8.62. The fraction of sp³-hybridized carbons (Fsp3) is 0.286. The van der Waals surface area contributed by atoms with Crippen LogP contribution in [0.2, 0.25) is 0 Å². The van der Waals surface area contributed by atoms with Crippen molar-refractivity contribution in [3.8, 4) is 24.3 Å². The van der Waals surface area contributed by atoms with Gasteiger partial charge >= 0.3 is 0 Å². The van der Waals surface area contributed by atoms with Crippen LogP contribution >= 0.6 is 0 Å². The first-order valence-corrected chi connectivity index (χ1v) is 11.1. The van der Waals surface area contributed by atoms with Crippen molar-refractivity contribution >= 4 is 16.3 Å². The van der Waals surface area contributed by atoms with Gasteiger partial charge < -0.3 is 9.47 Å². The minimum Gasteiger partial charge on any atom is -0.346 e. The molecule has 0 heterocycles. The van der Waals surface area contributed by atoms with E-state index in [-0.39, 0.29) is 19.6 Å². The zero-order valence-corrected chi connectivity index (χ0v) is 19.0. The third kappa shape index (κ3) is 3.30. The molecule has 2 aliphatic carbocycles. The summed E-state index contributed by atoms with van der Waals surface area (Å²) >= 11 is 0. The van der Waals surface area contributed by atoms with E-state index in [0.717, 1.165) is 16.3 Å². The van der Waals surface area contributed by atoms with Crippen molar-refractivity contribution in [3.63, 3.8) is 0 Å². The minimum absolute atomic E-state index is 0.0939. The van der Waals surface area contributed by atoms with Crippen molar-refractivity contribution in [2.45, 2.75) is 26.1 Å². The quantitative estimate of drug-likeness (QED) is 0.574. The third-order valence-corrected chi connectivity index (χ3v) is 6.35. The molecule has 0 unspecified atom stereocenters. The molecule has 0 N–H and O–H groups in total. The van der Waals surface area contributed by atoms with Gasteiger partial charge in [-0.25, -0.2) is 0 Å². The molecule has 166 valence electrons. The highest BCUT2D eigenvalue weighted by Crippen LogP contribution is 2.56. The van der Waals surface area contributed by atoms with E-state index in [2.05, 4.69) is 12.1 Å². The summed E-state index contributed by atoms with van der Waals surface area (Å²) in [7, 11) is 0. The molecule has 0 spiro atoms. The number of allylic oxidation sites excluding steroid dienone is 5. The fourth-order valence-corrected chi connectivity index (χ4v) is 4.90. The Morgan fingerprint density at radius 2 is 1.50 bits per heavy atom. The molecule has 2 aromatic carbocycles. The second-order valence-corrected chi connectivity index (χ2v) is 8.22. The van der Waals surface area contributed by atoms with Crippen molar-refractivity contribution in [1.29, 1.82) is 21.0 Å². The topological polar surface area (TPSA) is 114 Å². The zero-order valence-electron chi connectivity index (χ0n) is 19.0. The fourth-order valence-electron chi connectivity index (χ4n) is 4.90. The summed E-state index contributed by atoms with van der Waals surface area (Å²) in [6.07, 6.45) is 4.52. The van der Waals surface area contributed by atoms with Gasteiger partial charge in [-0.3, -0.25) is 0 Å². The molecular formula is C28H22N4O2. The number of nitriles is 4. The lowest BCUT2D eigenvalue weighted by molar-refractivity contribution is -0.203. The molecule has 2 aliphatic rings. The molecule has 0 atom stereocenters. The van der Waals surface area contributed by atoms with Gasteiger partial charge in [-0.15, -0.1) is 0 Å². The monoisotopic (exact) mass is 446 g/mol. The number of ether oxygens (including phenoxy) is 2. The highest BCUT2D eigenvalue weighted by molar-refractivity contribution is 5.98. The molecule has 0 aliphatic heterocycles. The van der Waals surface area contributed by atoms with Crippen LogP contribution in [-0.2, 0) is 9.47 Å². The third-order valence-electron chi connectivity index (χ3n) is 6.35. The van der Waals surface area contributed by atoms with E-state index in [1.54, 1.807) is 6.08 Å². The van der Waals surface area contributed by atoms with E-state index in [1.165, 1.54) is 12.2 Å². The smallest absolute Gasteiger partial charge is 0.198 e. The first kappa shape index (κ1) is 23.0. The SMILES string of the molecule is CCOC1(OCC)CC(C#N)(C#N)C2=CC(C#N)(C#N)C=CC2=C1c1cccc2ccccc12. The highest BCUT2D eigenvalue weighted by Gasteiger charge is 2.56. The Hall–Kier alpha value is -4.20. The van der Waals surface area contributed by atoms with Crippen molar-refractivity contribution in [3.05, 3.63) is 77.4 Å². The van der Waals surface area contributed by atoms with E-state index in [4.69, 9.17) is 9.47 Å². The normalized spacial score (nSPS) is 19.2. The standard InChI is InChI=1S/C28H22N4O2/c1-3-33-28(34-4-2)15-27(18-31,19-32)24-14-26(16-29,17-30)13-12-23(24)25(28)22-11-7-9-20-8-5-6-10-21(20)22/h5-14H,3-4,15H2,1-2H3. The summed E-state index contributed by atoms with van der Waals surface area (Å²) in [5, 5.41) is 42.0. The summed E-state index contributed by atoms with van der Waals surface area (Å²) < 4.78 is 12.5. The molecule has 0 saturated carbocycles. The van der Waals surface area contributed by atoms with E-state index in [0.29, 0.717) is 16.7 Å². The number of fused-ring (bicyclic) bond motifs is 2. The number of hydrogen-bond donors (Lipinski definition) is 0. The Morgan fingerprint density at radius 1 is 0.853 bits per heavy atom. The van der Waals surface area contributed by atoms with Crippen molar-refractivity contribution in [2.24, 2.45) is 10.8 Å². The summed E-state index contributed by atoms with van der Waals surface area (Å²) in [4.78, 5) is 0. The van der Waals surface area contributed by atoms with Gasteiger partial charge in [-0.05, 0) is 53.5 Å². The molecule has 0 aromatic heterocycles. The summed E-state index contributed by atoms with van der Waals surface area (Å²) in [6.45, 7) is 4.26. The number of nitrogens with zero attached hydrogens (tertiary/aromatic N) is 4. The molecule has 0 radical (unpaired) electrons. The van der Waals surface area contributed by atoms with E-state index >= 15 is 0 Å². The summed E-state index contributed by atoms with van der Waals surface area (Å²) in [5.41, 5.74) is -0.816. The molecule has 4 rings (SSSR count). The predicted octanol–water partition coefficient (Wildman–Crippen LogP) is 5.33. The van der Waals surface area contributed by atoms with Gasteiger partial charge in [0.1, 0.15) is 0 Å². The lowest BCUT2D eigenvalue weighted by Gasteiger charge is -2.46. The maximum atomic E-state index is 10.3. The van der Waals surface area contributed by atoms with Crippen molar-refractivity contribution < 1.29 is 9.47 Å². The molecule has 0 amide bonds. The van der Waals surface area contributed by atoms with Crippen LogP contribution in [0.3, 0.4) is 0 Å². The van der Waals surface area contributed by atoms with Crippen LogP contribution in [0.5, 0.6) is 0 Å². The van der Waals surface area contributed by atoms with Gasteiger partial charge in [0.05, 0.1) is 24.3 Å². The first-order chi connectivity index (χ1) is 16.5. The Balaban J connectivity index is 2.19. The van der Waals surface area contributed by atoms with Crippen LogP contribution in [0.1, 0.15) is 25.8 Å². The molecule has 6 nitrogen and oxygen atoms in total. The zero-order chi connectivity index (χ0) is 24.4. The molecule has 0 fully saturated rings. The Bertz CT molecular complexity index is 1380. The largest absolute Gasteiger partial charge is 0.346 e. The Labute approximate surface area is 198 Å². The van der Waals surface area contributed by atoms with Crippen molar-refractivity contribution in [2.75, 3.05) is 13.2 Å². The summed E-state index contributed by atoms with van der Waals surface area (Å²) in [5.74, 6) is -1.38. The van der Waals surface area contributed by atoms with Gasteiger partial charge in [0, 0.05) is 25.2 Å². The average Bonchev–Trinajstić information content (AvgIpc) is 2.88. The Morgan fingerprint density at radius 3 is 2.12 bits per heavy atom. The van der Waals surface area contributed by atoms with Crippen LogP contribution in [0, 0.1) is 56.2 Å². The van der Waals surface area contributed by atoms with Gasteiger partial charge in [0.25, 0.3) is 0 Å². The minimum atomic E-state index is -1.67. The van der Waals surface area contributed by atoms with Crippen LogP contribution in [0.4, 0.5) is 0 Å². The van der Waals surface area contributed by atoms with Crippen LogP contribution < -0.4 is 0 Å². The lowest BCUT2D eigenvalue weighted by atomic mass is 9.62. The lowest BCUT2D eigenvalue weighted by Crippen LogP contribution is -2.48. The molecule has 0 saturated heterocycles. The molecule has 2 aromatic rings. The maximum absolute atomic E-state index is 10.3. The predicted molar refractivity (Wildman–Crippen MR) is 126 cm³/mol. The van der Waals surface area contributed by atoms with Crippen molar-refractivity contribution in [1.82, 2.24) is 0 Å². The molecule has 0 bridgehead atoms. The second-order valence-electron chi connectivity index (χ2n) is 8.22. The summed E-state index contributed by atoms with van der Waals surface area (Å²) in [6, 6.07) is 22.2. The van der Waals surface area contributed by atoms with Crippen LogP contribution in [0.15, 0.2) is 71.8 Å². The van der Waals surface area contributed by atoms with E-state index in [9.17, 15) is 21.0 Å². The number of benzene rings is 2. The van der Waals surface area contributed by atoms with Gasteiger partial charge in [0.2, 0.25) is 0 Å². The molecule has 34 heavy (non-hydrogen) atoms. The molecular weight excluding hydrogens is 424 g/mol. The number of hydrogen-bond acceptors (Lipinski definition) is 6. The highest BCUT2D eigenvalue weighted by atomic mass is 16.7. The molecule has 6 heteroatoms. The first-order valence-electron chi connectivity index (χ1n) is 11.1. The van der Waals surface area contributed by atoms with Gasteiger partial charge in [-0.1, -0.05) is 48.5 Å². The van der Waals surface area contributed by atoms with E-state index in [1.807, 2.05) is 68.5 Å². The van der Waals surface area contributed by atoms with Gasteiger partial charge in [-0.2, -0.15) is 21.0 Å². The maximum Gasteiger partial charge on any atom is 0.198 e. The van der Waals surface area contributed by atoms with Crippen LogP contribution in [0.25, 0.3) is 16.3 Å².